The fraction of sp³-hybridized carbons (Fsp3) is 0.417. The van der Waals surface area contributed by atoms with Crippen molar-refractivity contribution in [1.29, 1.82) is 0 Å². The molecule has 2 rings (SSSR count). The maximum Gasteiger partial charge on any atom is 0.242 e. The number of benzene rings is 2. The van der Waals surface area contributed by atoms with Gasteiger partial charge in [-0.25, -0.2) is 8.42 Å². The summed E-state index contributed by atoms with van der Waals surface area (Å²) in [6.07, 6.45) is 1.49. The zero-order valence-electron chi connectivity index (χ0n) is 19.8. The summed E-state index contributed by atoms with van der Waals surface area (Å²) in [4.78, 5) is 27.4. The second-order valence-corrected chi connectivity index (χ2v) is 11.7. The lowest BCUT2D eigenvalue weighted by Gasteiger charge is -2.30. The monoisotopic (exact) mass is 571 g/mol. The molecule has 0 bridgehead atoms. The number of carbonyl (C=O) groups is 2. The molecule has 0 saturated carbocycles. The minimum absolute atomic E-state index is 0.0567. The summed E-state index contributed by atoms with van der Waals surface area (Å²) in [7, 11) is -3.57. The molecule has 0 aromatic heterocycles. The molecule has 0 aliphatic heterocycles. The number of rotatable bonds is 11. The Morgan fingerprint density at radius 2 is 1.76 bits per heavy atom. The van der Waals surface area contributed by atoms with Gasteiger partial charge in [-0.1, -0.05) is 45.7 Å². The SMILES string of the molecule is CC(C)NC(=O)[C@H](C)N(Cc1cccc(Br)c1)C(=O)CCCN(c1cccc(Cl)c1)S(C)(=O)=O. The first kappa shape index (κ1) is 28.1. The first-order valence-corrected chi connectivity index (χ1v) is 14.0. The van der Waals surface area contributed by atoms with Gasteiger partial charge < -0.3 is 10.2 Å². The van der Waals surface area contributed by atoms with E-state index in [-0.39, 0.29) is 43.8 Å². The molecule has 0 aliphatic rings. The molecule has 2 amide bonds. The Kier molecular flexibility index (Phi) is 10.4. The second kappa shape index (κ2) is 12.6. The van der Waals surface area contributed by atoms with E-state index in [2.05, 4.69) is 21.2 Å². The minimum Gasteiger partial charge on any atom is -0.352 e. The number of anilines is 1. The van der Waals surface area contributed by atoms with Gasteiger partial charge in [0.1, 0.15) is 6.04 Å². The number of nitrogens with zero attached hydrogens (tertiary/aromatic N) is 2. The summed E-state index contributed by atoms with van der Waals surface area (Å²) in [5, 5.41) is 3.28. The van der Waals surface area contributed by atoms with Crippen LogP contribution in [0.25, 0.3) is 0 Å². The van der Waals surface area contributed by atoms with Crippen molar-refractivity contribution in [3.63, 3.8) is 0 Å². The van der Waals surface area contributed by atoms with Gasteiger partial charge in [0.05, 0.1) is 11.9 Å². The van der Waals surface area contributed by atoms with Gasteiger partial charge in [0.2, 0.25) is 21.8 Å². The smallest absolute Gasteiger partial charge is 0.242 e. The number of amides is 2. The van der Waals surface area contributed by atoms with Gasteiger partial charge in [0.15, 0.2) is 0 Å². The van der Waals surface area contributed by atoms with Gasteiger partial charge in [-0.3, -0.25) is 13.9 Å². The van der Waals surface area contributed by atoms with Crippen LogP contribution in [0.1, 0.15) is 39.2 Å². The highest BCUT2D eigenvalue weighted by Gasteiger charge is 2.27. The van der Waals surface area contributed by atoms with E-state index in [1.807, 2.05) is 38.1 Å². The second-order valence-electron chi connectivity index (χ2n) is 8.41. The van der Waals surface area contributed by atoms with Crippen molar-refractivity contribution in [2.75, 3.05) is 17.1 Å². The maximum atomic E-state index is 13.2. The van der Waals surface area contributed by atoms with Crippen molar-refractivity contribution in [3.8, 4) is 0 Å². The van der Waals surface area contributed by atoms with Crippen LogP contribution in [0, 0.1) is 0 Å². The molecule has 2 aromatic rings. The Labute approximate surface area is 215 Å². The van der Waals surface area contributed by atoms with E-state index < -0.39 is 16.1 Å². The van der Waals surface area contributed by atoms with Gasteiger partial charge in [-0.2, -0.15) is 0 Å². The first-order chi connectivity index (χ1) is 15.9. The molecule has 10 heteroatoms. The molecule has 2 aromatic carbocycles. The molecule has 1 atom stereocenters. The zero-order chi connectivity index (χ0) is 25.5. The molecule has 186 valence electrons. The number of carbonyl (C=O) groups excluding carboxylic acids is 2. The Morgan fingerprint density at radius 1 is 1.09 bits per heavy atom. The molecule has 0 heterocycles. The Hall–Kier alpha value is -2.10. The number of sulfonamides is 1. The number of halogens is 2. The average Bonchev–Trinajstić information content (AvgIpc) is 2.73. The number of nitrogens with one attached hydrogen (secondary N) is 1. The summed E-state index contributed by atoms with van der Waals surface area (Å²) in [5.41, 5.74) is 1.32. The fourth-order valence-electron chi connectivity index (χ4n) is 3.45. The number of hydrogen-bond acceptors (Lipinski definition) is 4. The van der Waals surface area contributed by atoms with Crippen LogP contribution in [0.2, 0.25) is 5.02 Å². The molecule has 34 heavy (non-hydrogen) atoms. The molecule has 0 aliphatic carbocycles. The predicted octanol–water partition coefficient (Wildman–Crippen LogP) is 4.59. The summed E-state index contributed by atoms with van der Waals surface area (Å²) >= 11 is 9.47. The summed E-state index contributed by atoms with van der Waals surface area (Å²) in [6.45, 7) is 5.79. The van der Waals surface area contributed by atoms with Gasteiger partial charge in [0.25, 0.3) is 0 Å². The lowest BCUT2D eigenvalue weighted by Crippen LogP contribution is -2.49. The molecule has 0 unspecified atom stereocenters. The van der Waals surface area contributed by atoms with E-state index >= 15 is 0 Å². The van der Waals surface area contributed by atoms with Gasteiger partial charge in [-0.15, -0.1) is 0 Å². The Morgan fingerprint density at radius 3 is 2.35 bits per heavy atom. The molecule has 0 radical (unpaired) electrons. The van der Waals surface area contributed by atoms with Crippen molar-refractivity contribution >= 4 is 55.1 Å². The maximum absolute atomic E-state index is 13.2. The molecule has 0 fully saturated rings. The molecule has 0 saturated heterocycles. The molecular formula is C24H31BrClN3O4S. The van der Waals surface area contributed by atoms with Crippen LogP contribution < -0.4 is 9.62 Å². The largest absolute Gasteiger partial charge is 0.352 e. The van der Waals surface area contributed by atoms with Crippen LogP contribution in [-0.2, 0) is 26.2 Å². The third kappa shape index (κ3) is 8.60. The fourth-order valence-corrected chi connectivity index (χ4v) is 5.04. The lowest BCUT2D eigenvalue weighted by molar-refractivity contribution is -0.140. The summed E-state index contributed by atoms with van der Waals surface area (Å²) < 4.78 is 26.8. The van der Waals surface area contributed by atoms with Crippen LogP contribution in [0.3, 0.4) is 0 Å². The minimum atomic E-state index is -3.57. The van der Waals surface area contributed by atoms with E-state index in [0.717, 1.165) is 16.3 Å². The highest BCUT2D eigenvalue weighted by atomic mass is 79.9. The summed E-state index contributed by atoms with van der Waals surface area (Å²) in [6, 6.07) is 13.4. The van der Waals surface area contributed by atoms with E-state index in [1.54, 1.807) is 31.2 Å². The van der Waals surface area contributed by atoms with E-state index in [9.17, 15) is 18.0 Å². The molecule has 7 nitrogen and oxygen atoms in total. The third-order valence-corrected chi connectivity index (χ3v) is 7.01. The average molecular weight is 573 g/mol. The lowest BCUT2D eigenvalue weighted by atomic mass is 10.1. The van der Waals surface area contributed by atoms with Crippen LogP contribution in [0.15, 0.2) is 53.0 Å². The third-order valence-electron chi connectivity index (χ3n) is 5.09. The van der Waals surface area contributed by atoms with Crippen molar-refractivity contribution < 1.29 is 18.0 Å². The predicted molar refractivity (Wildman–Crippen MR) is 140 cm³/mol. The highest BCUT2D eigenvalue weighted by molar-refractivity contribution is 9.10. The summed E-state index contributed by atoms with van der Waals surface area (Å²) in [5.74, 6) is -0.471. The van der Waals surface area contributed by atoms with Crippen molar-refractivity contribution in [1.82, 2.24) is 10.2 Å². The van der Waals surface area contributed by atoms with Crippen LogP contribution >= 0.6 is 27.5 Å². The van der Waals surface area contributed by atoms with E-state index in [4.69, 9.17) is 11.6 Å². The van der Waals surface area contributed by atoms with Crippen LogP contribution in [-0.4, -0.2) is 50.0 Å². The van der Waals surface area contributed by atoms with Crippen molar-refractivity contribution in [3.05, 3.63) is 63.6 Å². The Bertz CT molecular complexity index is 1110. The van der Waals surface area contributed by atoms with Crippen molar-refractivity contribution in [2.24, 2.45) is 0 Å². The van der Waals surface area contributed by atoms with Gasteiger partial charge >= 0.3 is 0 Å². The first-order valence-electron chi connectivity index (χ1n) is 11.0. The quantitative estimate of drug-likeness (QED) is 0.427. The molecule has 0 spiro atoms. The van der Waals surface area contributed by atoms with E-state index in [1.165, 1.54) is 9.21 Å². The zero-order valence-corrected chi connectivity index (χ0v) is 23.0. The van der Waals surface area contributed by atoms with Crippen LogP contribution in [0.4, 0.5) is 5.69 Å². The van der Waals surface area contributed by atoms with Gasteiger partial charge in [-0.05, 0) is 63.1 Å². The standard InChI is InChI=1S/C24H31BrClN3O4S/c1-17(2)27-24(31)18(3)28(16-19-8-5-9-20(25)14-19)23(30)12-7-13-29(34(4,32)33)22-11-6-10-21(26)15-22/h5-6,8-11,14-15,17-18H,7,12-13,16H2,1-4H3,(H,27,31)/t18-/m0/s1. The normalized spacial score (nSPS) is 12.3. The molecule has 1 N–H and O–H groups in total. The van der Waals surface area contributed by atoms with Crippen molar-refractivity contribution in [2.45, 2.75) is 52.2 Å². The topological polar surface area (TPSA) is 86.8 Å². The molecular weight excluding hydrogens is 542 g/mol. The van der Waals surface area contributed by atoms with E-state index in [0.29, 0.717) is 10.7 Å². The number of hydrogen-bond donors (Lipinski definition) is 1. The Balaban J connectivity index is 2.17. The van der Waals surface area contributed by atoms with Crippen LogP contribution in [0.5, 0.6) is 0 Å². The highest BCUT2D eigenvalue weighted by Crippen LogP contribution is 2.23. The van der Waals surface area contributed by atoms with Gasteiger partial charge in [0, 0.05) is 35.0 Å².